The molecule has 0 atom stereocenters. The Kier molecular flexibility index (Phi) is 4.20. The molecule has 0 fully saturated rings. The standard InChI is InChI=1S/C23H13F3O6/c24-23(25,26)20-14(22(29)30)2-4-17-15(20)8-13-7-12-6-11-5-10(21(27)28)1-3-16(11)31-18(12)9-19(13)32-17/h1-5,7,9H,6,8H2,(H,27,28)(H,29,30). The fourth-order valence-corrected chi connectivity index (χ4v) is 4.11. The number of fused-ring (bicyclic) bond motifs is 4. The summed E-state index contributed by atoms with van der Waals surface area (Å²) >= 11 is 0. The van der Waals surface area contributed by atoms with Crippen molar-refractivity contribution in [3.63, 3.8) is 0 Å². The van der Waals surface area contributed by atoms with Gasteiger partial charge in [-0.15, -0.1) is 0 Å². The number of benzene rings is 3. The highest BCUT2D eigenvalue weighted by atomic mass is 19.4. The van der Waals surface area contributed by atoms with Gasteiger partial charge in [-0.25, -0.2) is 9.59 Å². The van der Waals surface area contributed by atoms with Crippen LogP contribution in [0.15, 0.2) is 42.5 Å². The topological polar surface area (TPSA) is 93.1 Å². The van der Waals surface area contributed by atoms with E-state index in [0.717, 1.165) is 6.07 Å². The zero-order valence-corrected chi connectivity index (χ0v) is 16.1. The van der Waals surface area contributed by atoms with Crippen molar-refractivity contribution in [3.8, 4) is 23.0 Å². The molecule has 3 aromatic rings. The van der Waals surface area contributed by atoms with E-state index in [9.17, 15) is 33.0 Å². The monoisotopic (exact) mass is 442 g/mol. The quantitative estimate of drug-likeness (QED) is 0.375. The van der Waals surface area contributed by atoms with Crippen LogP contribution >= 0.6 is 0 Å². The molecule has 2 heterocycles. The number of ether oxygens (including phenoxy) is 2. The molecule has 2 N–H and O–H groups in total. The fourth-order valence-electron chi connectivity index (χ4n) is 4.11. The van der Waals surface area contributed by atoms with E-state index in [1.807, 2.05) is 0 Å². The van der Waals surface area contributed by atoms with Gasteiger partial charge in [-0.1, -0.05) is 0 Å². The lowest BCUT2D eigenvalue weighted by atomic mass is 9.89. The predicted octanol–water partition coefficient (Wildman–Crippen LogP) is 5.49. The van der Waals surface area contributed by atoms with E-state index in [2.05, 4.69) is 0 Å². The third kappa shape index (κ3) is 3.13. The Morgan fingerprint density at radius 2 is 1.38 bits per heavy atom. The van der Waals surface area contributed by atoms with Crippen LogP contribution in [0.2, 0.25) is 0 Å². The summed E-state index contributed by atoms with van der Waals surface area (Å²) in [6.07, 6.45) is -4.72. The molecule has 0 amide bonds. The van der Waals surface area contributed by atoms with Crippen molar-refractivity contribution in [3.05, 3.63) is 81.4 Å². The molecule has 0 bridgehead atoms. The molecule has 3 aromatic carbocycles. The maximum Gasteiger partial charge on any atom is 0.417 e. The minimum Gasteiger partial charge on any atom is -0.478 e. The van der Waals surface area contributed by atoms with Crippen molar-refractivity contribution in [1.82, 2.24) is 0 Å². The van der Waals surface area contributed by atoms with Gasteiger partial charge in [-0.3, -0.25) is 0 Å². The number of carboxylic acids is 2. The number of hydrogen-bond acceptors (Lipinski definition) is 4. The molecule has 9 heteroatoms. The maximum absolute atomic E-state index is 13.7. The average Bonchev–Trinajstić information content (AvgIpc) is 2.72. The Morgan fingerprint density at radius 1 is 0.750 bits per heavy atom. The largest absolute Gasteiger partial charge is 0.478 e. The Hall–Kier alpha value is -4.01. The smallest absolute Gasteiger partial charge is 0.417 e. The Balaban J connectivity index is 1.57. The van der Waals surface area contributed by atoms with E-state index in [4.69, 9.17) is 9.47 Å². The average molecular weight is 442 g/mol. The highest BCUT2D eigenvalue weighted by Gasteiger charge is 2.40. The normalized spacial score (nSPS) is 13.6. The van der Waals surface area contributed by atoms with Gasteiger partial charge in [-0.2, -0.15) is 13.2 Å². The van der Waals surface area contributed by atoms with Crippen LogP contribution in [0, 0.1) is 0 Å². The molecule has 162 valence electrons. The van der Waals surface area contributed by atoms with Crippen molar-refractivity contribution in [2.45, 2.75) is 19.0 Å². The van der Waals surface area contributed by atoms with Crippen LogP contribution in [0.1, 0.15) is 48.5 Å². The lowest BCUT2D eigenvalue weighted by Gasteiger charge is -2.27. The molecule has 0 spiro atoms. The highest BCUT2D eigenvalue weighted by Crippen LogP contribution is 2.48. The second-order valence-electron chi connectivity index (χ2n) is 7.52. The van der Waals surface area contributed by atoms with Crippen LogP contribution in [-0.2, 0) is 19.0 Å². The molecule has 2 aliphatic heterocycles. The van der Waals surface area contributed by atoms with Crippen LogP contribution in [0.5, 0.6) is 23.0 Å². The molecule has 0 saturated heterocycles. The van der Waals surface area contributed by atoms with Gasteiger partial charge in [0.2, 0.25) is 0 Å². The molecule has 5 rings (SSSR count). The molecule has 0 unspecified atom stereocenters. The molecule has 0 radical (unpaired) electrons. The van der Waals surface area contributed by atoms with Gasteiger partial charge >= 0.3 is 18.1 Å². The Labute approximate surface area is 178 Å². The second-order valence-corrected chi connectivity index (χ2v) is 7.52. The summed E-state index contributed by atoms with van der Waals surface area (Å²) in [4.78, 5) is 22.6. The van der Waals surface area contributed by atoms with Crippen LogP contribution < -0.4 is 9.47 Å². The number of aromatic carboxylic acids is 2. The fraction of sp³-hybridized carbons (Fsp3) is 0.130. The van der Waals surface area contributed by atoms with Gasteiger partial charge in [0.05, 0.1) is 16.7 Å². The summed E-state index contributed by atoms with van der Waals surface area (Å²) in [5.74, 6) is -1.54. The van der Waals surface area contributed by atoms with E-state index < -0.39 is 29.2 Å². The first-order valence-electron chi connectivity index (χ1n) is 9.46. The van der Waals surface area contributed by atoms with E-state index in [1.54, 1.807) is 18.2 Å². The van der Waals surface area contributed by atoms with E-state index >= 15 is 0 Å². The lowest BCUT2D eigenvalue weighted by molar-refractivity contribution is -0.138. The molecular weight excluding hydrogens is 429 g/mol. The minimum atomic E-state index is -4.87. The van der Waals surface area contributed by atoms with Crippen molar-refractivity contribution in [2.24, 2.45) is 0 Å². The number of hydrogen-bond donors (Lipinski definition) is 2. The number of carbonyl (C=O) groups is 2. The van der Waals surface area contributed by atoms with Crippen LogP contribution in [0.25, 0.3) is 0 Å². The molecule has 2 aliphatic rings. The number of alkyl halides is 3. The summed E-state index contributed by atoms with van der Waals surface area (Å²) in [5, 5.41) is 18.4. The van der Waals surface area contributed by atoms with E-state index in [-0.39, 0.29) is 23.3 Å². The molecule has 0 aromatic heterocycles. The SMILES string of the molecule is O=C(O)c1ccc2c(c1)Cc1cc3c(cc1O2)Oc1ccc(C(=O)O)c(C(F)(F)F)c1C3. The Bertz CT molecular complexity index is 1330. The second kappa shape index (κ2) is 6.74. The van der Waals surface area contributed by atoms with E-state index in [0.29, 0.717) is 40.4 Å². The summed E-state index contributed by atoms with van der Waals surface area (Å²) in [6.45, 7) is 0. The van der Waals surface area contributed by atoms with Crippen molar-refractivity contribution < 1.29 is 42.4 Å². The third-order valence-electron chi connectivity index (χ3n) is 5.52. The van der Waals surface area contributed by atoms with Gasteiger partial charge < -0.3 is 19.7 Å². The lowest BCUT2D eigenvalue weighted by Crippen LogP contribution is -2.19. The number of halogens is 3. The first kappa shape index (κ1) is 19.9. The van der Waals surface area contributed by atoms with Crippen LogP contribution in [-0.4, -0.2) is 22.2 Å². The molecule has 32 heavy (non-hydrogen) atoms. The molecule has 0 aliphatic carbocycles. The zero-order chi connectivity index (χ0) is 22.8. The maximum atomic E-state index is 13.7. The van der Waals surface area contributed by atoms with Gasteiger partial charge in [0.25, 0.3) is 0 Å². The number of rotatable bonds is 2. The predicted molar refractivity (Wildman–Crippen MR) is 104 cm³/mol. The summed E-state index contributed by atoms with van der Waals surface area (Å²) in [5.41, 5.74) is -0.450. The third-order valence-corrected chi connectivity index (χ3v) is 5.52. The summed E-state index contributed by atoms with van der Waals surface area (Å²) in [7, 11) is 0. The highest BCUT2D eigenvalue weighted by molar-refractivity contribution is 5.91. The van der Waals surface area contributed by atoms with Crippen molar-refractivity contribution >= 4 is 11.9 Å². The molecule has 0 saturated carbocycles. The Morgan fingerprint density at radius 3 is 2.03 bits per heavy atom. The minimum absolute atomic E-state index is 0.0583. The van der Waals surface area contributed by atoms with Crippen molar-refractivity contribution in [2.75, 3.05) is 0 Å². The summed E-state index contributed by atoms with van der Waals surface area (Å²) < 4.78 is 52.7. The van der Waals surface area contributed by atoms with Crippen LogP contribution in [0.3, 0.4) is 0 Å². The molecular formula is C23H13F3O6. The van der Waals surface area contributed by atoms with Crippen LogP contribution in [0.4, 0.5) is 13.2 Å². The summed E-state index contributed by atoms with van der Waals surface area (Å²) in [6, 6.07) is 9.82. The van der Waals surface area contributed by atoms with Crippen molar-refractivity contribution in [1.29, 1.82) is 0 Å². The van der Waals surface area contributed by atoms with Gasteiger partial charge in [0, 0.05) is 30.0 Å². The van der Waals surface area contributed by atoms with E-state index in [1.165, 1.54) is 18.2 Å². The van der Waals surface area contributed by atoms with Gasteiger partial charge in [0.15, 0.2) is 0 Å². The first-order valence-corrected chi connectivity index (χ1v) is 9.46. The number of carboxylic acid groups (broad SMARTS) is 2. The van der Waals surface area contributed by atoms with Gasteiger partial charge in [0.1, 0.15) is 23.0 Å². The van der Waals surface area contributed by atoms with Gasteiger partial charge in [-0.05, 0) is 47.5 Å². The zero-order valence-electron chi connectivity index (χ0n) is 16.1. The molecule has 6 nitrogen and oxygen atoms in total. The first-order chi connectivity index (χ1) is 15.1.